The number of rotatable bonds is 15. The molecule has 0 aromatic heterocycles. The fourth-order valence-electron chi connectivity index (χ4n) is 3.54. The van der Waals surface area contributed by atoms with E-state index in [2.05, 4.69) is 13.8 Å². The van der Waals surface area contributed by atoms with Crippen LogP contribution < -0.4 is 0 Å². The van der Waals surface area contributed by atoms with E-state index in [0.29, 0.717) is 11.5 Å². The van der Waals surface area contributed by atoms with Gasteiger partial charge in [-0.2, -0.15) is 0 Å². The first-order valence-electron chi connectivity index (χ1n) is 10.5. The summed E-state index contributed by atoms with van der Waals surface area (Å²) in [5, 5.41) is 9.08. The SMILES string of the molecule is CCCCCCCCC(CCCCCCC)c1ccc(C(=O)O)cc1. The van der Waals surface area contributed by atoms with E-state index in [1.807, 2.05) is 12.1 Å². The molecule has 1 aromatic carbocycles. The molecule has 1 rings (SSSR count). The molecule has 2 nitrogen and oxygen atoms in total. The molecule has 1 N–H and O–H groups in total. The molecule has 0 saturated heterocycles. The molecule has 1 atom stereocenters. The monoisotopic (exact) mass is 346 g/mol. The van der Waals surface area contributed by atoms with E-state index < -0.39 is 5.97 Å². The van der Waals surface area contributed by atoms with E-state index in [0.717, 1.165) is 0 Å². The standard InChI is InChI=1S/C23H38O2/c1-3-5-7-9-11-13-15-20(14-12-10-8-6-4-2)21-16-18-22(19-17-21)23(24)25/h16-20H,3-15H2,1-2H3,(H,24,25). The highest BCUT2D eigenvalue weighted by Crippen LogP contribution is 2.29. The maximum absolute atomic E-state index is 11.1. The van der Waals surface area contributed by atoms with Crippen molar-refractivity contribution in [2.24, 2.45) is 0 Å². The zero-order chi connectivity index (χ0) is 18.3. The van der Waals surface area contributed by atoms with Crippen LogP contribution in [0, 0.1) is 0 Å². The topological polar surface area (TPSA) is 37.3 Å². The normalized spacial score (nSPS) is 12.2. The highest BCUT2D eigenvalue weighted by atomic mass is 16.4. The second-order valence-electron chi connectivity index (χ2n) is 7.38. The Bertz CT molecular complexity index is 450. The third kappa shape index (κ3) is 9.67. The third-order valence-electron chi connectivity index (χ3n) is 5.19. The molecule has 1 aromatic rings. The van der Waals surface area contributed by atoms with Crippen LogP contribution in [0.1, 0.15) is 119 Å². The Morgan fingerprint density at radius 3 is 1.64 bits per heavy atom. The van der Waals surface area contributed by atoms with Crippen molar-refractivity contribution in [1.82, 2.24) is 0 Å². The zero-order valence-corrected chi connectivity index (χ0v) is 16.4. The van der Waals surface area contributed by atoms with Crippen LogP contribution in [-0.4, -0.2) is 11.1 Å². The van der Waals surface area contributed by atoms with Gasteiger partial charge in [-0.15, -0.1) is 0 Å². The van der Waals surface area contributed by atoms with Crippen molar-refractivity contribution < 1.29 is 9.90 Å². The highest BCUT2D eigenvalue weighted by Gasteiger charge is 2.12. The summed E-state index contributed by atoms with van der Waals surface area (Å²) in [4.78, 5) is 11.1. The molecule has 0 amide bonds. The molecular formula is C23H38O2. The van der Waals surface area contributed by atoms with Gasteiger partial charge in [-0.1, -0.05) is 96.6 Å². The number of unbranched alkanes of at least 4 members (excludes halogenated alkanes) is 9. The molecule has 0 heterocycles. The van der Waals surface area contributed by atoms with Crippen LogP contribution in [-0.2, 0) is 0 Å². The van der Waals surface area contributed by atoms with E-state index in [4.69, 9.17) is 5.11 Å². The molecule has 1 unspecified atom stereocenters. The number of carboxylic acids is 1. The highest BCUT2D eigenvalue weighted by molar-refractivity contribution is 5.87. The number of aromatic carboxylic acids is 1. The Balaban J connectivity index is 2.49. The van der Waals surface area contributed by atoms with Crippen LogP contribution in [0.2, 0.25) is 0 Å². The first kappa shape index (κ1) is 21.7. The Labute approximate surface area is 155 Å². The largest absolute Gasteiger partial charge is 0.478 e. The summed E-state index contributed by atoms with van der Waals surface area (Å²) in [6.07, 6.45) is 17.1. The van der Waals surface area contributed by atoms with Gasteiger partial charge in [-0.05, 0) is 36.5 Å². The molecule has 0 fully saturated rings. The van der Waals surface area contributed by atoms with Gasteiger partial charge in [-0.3, -0.25) is 0 Å². The summed E-state index contributed by atoms with van der Waals surface area (Å²) in [5.74, 6) is -0.241. The third-order valence-corrected chi connectivity index (χ3v) is 5.19. The molecule has 0 spiro atoms. The van der Waals surface area contributed by atoms with Gasteiger partial charge in [0.1, 0.15) is 0 Å². The minimum Gasteiger partial charge on any atom is -0.478 e. The van der Waals surface area contributed by atoms with E-state index in [1.54, 1.807) is 12.1 Å². The lowest BCUT2D eigenvalue weighted by molar-refractivity contribution is 0.0697. The summed E-state index contributed by atoms with van der Waals surface area (Å²) >= 11 is 0. The van der Waals surface area contributed by atoms with Crippen LogP contribution in [0.3, 0.4) is 0 Å². The van der Waals surface area contributed by atoms with Crippen molar-refractivity contribution in [2.75, 3.05) is 0 Å². The summed E-state index contributed by atoms with van der Waals surface area (Å²) in [5.41, 5.74) is 1.72. The second-order valence-corrected chi connectivity index (χ2v) is 7.38. The van der Waals surface area contributed by atoms with E-state index in [9.17, 15) is 4.79 Å². The summed E-state index contributed by atoms with van der Waals surface area (Å²) in [6.45, 7) is 4.51. The first-order chi connectivity index (χ1) is 12.2. The van der Waals surface area contributed by atoms with Gasteiger partial charge in [0.25, 0.3) is 0 Å². The summed E-state index contributed by atoms with van der Waals surface area (Å²) in [7, 11) is 0. The van der Waals surface area contributed by atoms with E-state index in [-0.39, 0.29) is 0 Å². The van der Waals surface area contributed by atoms with Crippen LogP contribution in [0.25, 0.3) is 0 Å². The van der Waals surface area contributed by atoms with Gasteiger partial charge < -0.3 is 5.11 Å². The Kier molecular flexibility index (Phi) is 12.1. The average molecular weight is 347 g/mol. The van der Waals surface area contributed by atoms with Crippen LogP contribution in [0.5, 0.6) is 0 Å². The summed E-state index contributed by atoms with van der Waals surface area (Å²) in [6, 6.07) is 7.61. The van der Waals surface area contributed by atoms with Crippen LogP contribution in [0.4, 0.5) is 0 Å². The number of benzene rings is 1. The van der Waals surface area contributed by atoms with Gasteiger partial charge in [-0.25, -0.2) is 4.79 Å². The predicted octanol–water partition coefficient (Wildman–Crippen LogP) is 7.58. The number of hydrogen-bond acceptors (Lipinski definition) is 1. The Hall–Kier alpha value is -1.31. The molecule has 0 radical (unpaired) electrons. The Morgan fingerprint density at radius 1 is 0.760 bits per heavy atom. The van der Waals surface area contributed by atoms with Crippen LogP contribution in [0.15, 0.2) is 24.3 Å². The fraction of sp³-hybridized carbons (Fsp3) is 0.696. The zero-order valence-electron chi connectivity index (χ0n) is 16.4. The number of carboxylic acid groups (broad SMARTS) is 1. The van der Waals surface area contributed by atoms with Gasteiger partial charge in [0.2, 0.25) is 0 Å². The smallest absolute Gasteiger partial charge is 0.335 e. The lowest BCUT2D eigenvalue weighted by Crippen LogP contribution is -2.02. The lowest BCUT2D eigenvalue weighted by Gasteiger charge is -2.18. The van der Waals surface area contributed by atoms with Crippen molar-refractivity contribution in [3.8, 4) is 0 Å². The van der Waals surface area contributed by atoms with Crippen molar-refractivity contribution >= 4 is 5.97 Å². The molecule has 0 saturated carbocycles. The maximum Gasteiger partial charge on any atom is 0.335 e. The lowest BCUT2D eigenvalue weighted by atomic mass is 9.87. The van der Waals surface area contributed by atoms with Gasteiger partial charge in [0.15, 0.2) is 0 Å². The first-order valence-corrected chi connectivity index (χ1v) is 10.5. The van der Waals surface area contributed by atoms with Gasteiger partial charge in [0.05, 0.1) is 5.56 Å². The minimum atomic E-state index is -0.835. The van der Waals surface area contributed by atoms with Crippen molar-refractivity contribution in [3.63, 3.8) is 0 Å². The molecule has 25 heavy (non-hydrogen) atoms. The molecule has 0 aliphatic carbocycles. The second kappa shape index (κ2) is 13.9. The predicted molar refractivity (Wildman–Crippen MR) is 108 cm³/mol. The molecule has 2 heteroatoms. The molecule has 0 bridgehead atoms. The van der Waals surface area contributed by atoms with Gasteiger partial charge in [0, 0.05) is 0 Å². The van der Waals surface area contributed by atoms with E-state index in [1.165, 1.54) is 89.0 Å². The molecule has 0 aliphatic rings. The maximum atomic E-state index is 11.1. The molecule has 142 valence electrons. The molecule has 0 aliphatic heterocycles. The number of carbonyl (C=O) groups is 1. The number of hydrogen-bond donors (Lipinski definition) is 1. The fourth-order valence-corrected chi connectivity index (χ4v) is 3.54. The van der Waals surface area contributed by atoms with Crippen LogP contribution >= 0.6 is 0 Å². The van der Waals surface area contributed by atoms with Crippen molar-refractivity contribution in [1.29, 1.82) is 0 Å². The van der Waals surface area contributed by atoms with Crippen molar-refractivity contribution in [3.05, 3.63) is 35.4 Å². The molecular weight excluding hydrogens is 308 g/mol. The Morgan fingerprint density at radius 2 is 1.20 bits per heavy atom. The average Bonchev–Trinajstić information content (AvgIpc) is 2.62. The van der Waals surface area contributed by atoms with Gasteiger partial charge >= 0.3 is 5.97 Å². The quantitative estimate of drug-likeness (QED) is 0.332. The van der Waals surface area contributed by atoms with E-state index >= 15 is 0 Å². The minimum absolute atomic E-state index is 0.394. The van der Waals surface area contributed by atoms with Crippen molar-refractivity contribution in [2.45, 2.75) is 103 Å². The summed E-state index contributed by atoms with van der Waals surface area (Å²) < 4.78 is 0.